The van der Waals surface area contributed by atoms with Crippen molar-refractivity contribution in [3.8, 4) is 0 Å². The lowest BCUT2D eigenvalue weighted by Gasteiger charge is -2.33. The number of rotatable bonds is 3. The first-order valence-corrected chi connectivity index (χ1v) is 6.13. The molecule has 2 rings (SSSR count). The number of nitrogens with two attached hydrogens (primary N) is 1. The lowest BCUT2D eigenvalue weighted by atomic mass is 9.88. The molecule has 4 heteroatoms. The van der Waals surface area contributed by atoms with Gasteiger partial charge in [-0.25, -0.2) is 0 Å². The predicted molar refractivity (Wildman–Crippen MR) is 59.9 cm³/mol. The van der Waals surface area contributed by atoms with Crippen LogP contribution in [0.5, 0.6) is 0 Å². The maximum Gasteiger partial charge on any atom is 0.0302 e. The molecule has 1 aromatic heterocycles. The number of hydrogen-bond donors (Lipinski definition) is 2. The van der Waals surface area contributed by atoms with E-state index < -0.39 is 0 Å². The summed E-state index contributed by atoms with van der Waals surface area (Å²) in [7, 11) is 0. The van der Waals surface area contributed by atoms with E-state index >= 15 is 0 Å². The van der Waals surface area contributed by atoms with Crippen LogP contribution in [0.3, 0.4) is 0 Å². The van der Waals surface area contributed by atoms with Gasteiger partial charge in [-0.1, -0.05) is 0 Å². The van der Waals surface area contributed by atoms with Crippen molar-refractivity contribution in [3.63, 3.8) is 0 Å². The molecule has 2 nitrogen and oxygen atoms in total. The SMILES string of the molecule is NC1CC(NCc2cc(Br)cs2)C1. The van der Waals surface area contributed by atoms with Gasteiger partial charge in [0.05, 0.1) is 0 Å². The predicted octanol–water partition coefficient (Wildman–Crippen LogP) is 2.09. The highest BCUT2D eigenvalue weighted by atomic mass is 79.9. The number of hydrogen-bond acceptors (Lipinski definition) is 3. The summed E-state index contributed by atoms with van der Waals surface area (Å²) in [6.45, 7) is 0.980. The Morgan fingerprint density at radius 3 is 2.92 bits per heavy atom. The van der Waals surface area contributed by atoms with Gasteiger partial charge in [-0.15, -0.1) is 11.3 Å². The van der Waals surface area contributed by atoms with Gasteiger partial charge in [-0.2, -0.15) is 0 Å². The average molecular weight is 261 g/mol. The summed E-state index contributed by atoms with van der Waals surface area (Å²) in [5.74, 6) is 0. The third-order valence-corrected chi connectivity index (χ3v) is 4.06. The Hall–Kier alpha value is 0.1000. The van der Waals surface area contributed by atoms with Gasteiger partial charge >= 0.3 is 0 Å². The van der Waals surface area contributed by atoms with Gasteiger partial charge in [0.1, 0.15) is 0 Å². The molecule has 0 saturated heterocycles. The Morgan fingerprint density at radius 2 is 2.38 bits per heavy atom. The number of halogens is 1. The molecule has 0 spiro atoms. The smallest absolute Gasteiger partial charge is 0.0302 e. The summed E-state index contributed by atoms with van der Waals surface area (Å²) in [4.78, 5) is 1.38. The minimum Gasteiger partial charge on any atom is -0.328 e. The highest BCUT2D eigenvalue weighted by molar-refractivity contribution is 9.10. The van der Waals surface area contributed by atoms with E-state index in [1.165, 1.54) is 9.35 Å². The van der Waals surface area contributed by atoms with Crippen molar-refractivity contribution in [2.45, 2.75) is 31.5 Å². The molecule has 72 valence electrons. The Balaban J connectivity index is 1.74. The maximum absolute atomic E-state index is 5.70. The van der Waals surface area contributed by atoms with Crippen LogP contribution in [-0.4, -0.2) is 12.1 Å². The van der Waals surface area contributed by atoms with E-state index in [-0.39, 0.29) is 0 Å². The van der Waals surface area contributed by atoms with Gasteiger partial charge in [-0.3, -0.25) is 0 Å². The number of thiophene rings is 1. The van der Waals surface area contributed by atoms with Crippen LogP contribution in [0.1, 0.15) is 17.7 Å². The first-order chi connectivity index (χ1) is 6.24. The quantitative estimate of drug-likeness (QED) is 0.874. The fraction of sp³-hybridized carbons (Fsp3) is 0.556. The number of nitrogens with one attached hydrogen (secondary N) is 1. The fourth-order valence-electron chi connectivity index (χ4n) is 1.52. The normalized spacial score (nSPS) is 27.2. The Kier molecular flexibility index (Phi) is 3.03. The van der Waals surface area contributed by atoms with Crippen molar-refractivity contribution in [2.75, 3.05) is 0 Å². The van der Waals surface area contributed by atoms with Crippen LogP contribution in [0.2, 0.25) is 0 Å². The summed E-state index contributed by atoms with van der Waals surface area (Å²) < 4.78 is 1.18. The third kappa shape index (κ3) is 2.53. The van der Waals surface area contributed by atoms with Crippen molar-refractivity contribution in [2.24, 2.45) is 5.73 Å². The monoisotopic (exact) mass is 260 g/mol. The first kappa shape index (κ1) is 9.65. The van der Waals surface area contributed by atoms with E-state index in [0.29, 0.717) is 12.1 Å². The lowest BCUT2D eigenvalue weighted by molar-refractivity contribution is 0.291. The van der Waals surface area contributed by atoms with Crippen molar-refractivity contribution in [3.05, 3.63) is 20.8 Å². The third-order valence-electron chi connectivity index (χ3n) is 2.36. The standard InChI is InChI=1S/C9H13BrN2S/c10-6-1-9(13-5-6)4-12-8-2-7(11)3-8/h1,5,7-8,12H,2-4,11H2. The van der Waals surface area contributed by atoms with E-state index in [0.717, 1.165) is 19.4 Å². The largest absolute Gasteiger partial charge is 0.328 e. The zero-order valence-corrected chi connectivity index (χ0v) is 9.70. The van der Waals surface area contributed by atoms with Crippen LogP contribution in [0.15, 0.2) is 15.9 Å². The zero-order chi connectivity index (χ0) is 9.26. The molecular formula is C9H13BrN2S. The topological polar surface area (TPSA) is 38.0 Å². The molecule has 0 amide bonds. The van der Waals surface area contributed by atoms with Crippen LogP contribution in [0, 0.1) is 0 Å². The summed E-state index contributed by atoms with van der Waals surface area (Å²) in [5.41, 5.74) is 5.70. The van der Waals surface area contributed by atoms with Crippen molar-refractivity contribution < 1.29 is 0 Å². The molecule has 0 unspecified atom stereocenters. The van der Waals surface area contributed by atoms with E-state index in [9.17, 15) is 0 Å². The molecule has 0 aromatic carbocycles. The molecular weight excluding hydrogens is 248 g/mol. The summed E-state index contributed by atoms with van der Waals surface area (Å²) in [6.07, 6.45) is 2.26. The molecule has 1 aliphatic rings. The Morgan fingerprint density at radius 1 is 1.62 bits per heavy atom. The van der Waals surface area contributed by atoms with Gasteiger partial charge in [0.15, 0.2) is 0 Å². The van der Waals surface area contributed by atoms with Crippen LogP contribution in [0.4, 0.5) is 0 Å². The van der Waals surface area contributed by atoms with Gasteiger partial charge < -0.3 is 11.1 Å². The second-order valence-corrected chi connectivity index (χ2v) is 5.45. The van der Waals surface area contributed by atoms with E-state index in [2.05, 4.69) is 32.7 Å². The van der Waals surface area contributed by atoms with Gasteiger partial charge in [0, 0.05) is 33.4 Å². The molecule has 1 aromatic rings. The Labute approximate surface area is 90.6 Å². The highest BCUT2D eigenvalue weighted by Crippen LogP contribution is 2.22. The molecule has 0 aliphatic heterocycles. The summed E-state index contributed by atoms with van der Waals surface area (Å²) in [6, 6.07) is 3.25. The zero-order valence-electron chi connectivity index (χ0n) is 7.29. The van der Waals surface area contributed by atoms with Crippen LogP contribution >= 0.6 is 27.3 Å². The van der Waals surface area contributed by atoms with E-state index in [1.807, 2.05) is 0 Å². The van der Waals surface area contributed by atoms with Gasteiger partial charge in [0.2, 0.25) is 0 Å². The van der Waals surface area contributed by atoms with E-state index in [4.69, 9.17) is 5.73 Å². The van der Waals surface area contributed by atoms with Crippen LogP contribution < -0.4 is 11.1 Å². The summed E-state index contributed by atoms with van der Waals surface area (Å²) >= 11 is 5.23. The molecule has 0 bridgehead atoms. The second kappa shape index (κ2) is 4.09. The first-order valence-electron chi connectivity index (χ1n) is 4.46. The minimum atomic E-state index is 0.438. The average Bonchev–Trinajstić information content (AvgIpc) is 2.43. The molecule has 13 heavy (non-hydrogen) atoms. The second-order valence-electron chi connectivity index (χ2n) is 3.54. The van der Waals surface area contributed by atoms with Crippen LogP contribution in [-0.2, 0) is 6.54 Å². The minimum absolute atomic E-state index is 0.438. The van der Waals surface area contributed by atoms with Crippen LogP contribution in [0.25, 0.3) is 0 Å². The van der Waals surface area contributed by atoms with Gasteiger partial charge in [0.25, 0.3) is 0 Å². The molecule has 0 radical (unpaired) electrons. The maximum atomic E-state index is 5.70. The van der Waals surface area contributed by atoms with Gasteiger partial charge in [-0.05, 0) is 34.8 Å². The van der Waals surface area contributed by atoms with Crippen molar-refractivity contribution >= 4 is 27.3 Å². The molecule has 1 fully saturated rings. The molecule has 3 N–H and O–H groups in total. The molecule has 1 saturated carbocycles. The molecule has 0 atom stereocenters. The molecule has 1 aliphatic carbocycles. The summed E-state index contributed by atoms with van der Waals surface area (Å²) in [5, 5.41) is 5.60. The Bertz CT molecular complexity index is 281. The van der Waals surface area contributed by atoms with Crippen molar-refractivity contribution in [1.82, 2.24) is 5.32 Å². The highest BCUT2D eigenvalue weighted by Gasteiger charge is 2.24. The van der Waals surface area contributed by atoms with E-state index in [1.54, 1.807) is 11.3 Å². The lowest BCUT2D eigenvalue weighted by Crippen LogP contribution is -2.47. The fourth-order valence-corrected chi connectivity index (χ4v) is 2.92. The molecule has 1 heterocycles. The van der Waals surface area contributed by atoms with Crippen molar-refractivity contribution in [1.29, 1.82) is 0 Å².